The molecule has 0 saturated carbocycles. The van der Waals surface area contributed by atoms with Crippen LogP contribution in [0.15, 0.2) is 41.7 Å². The minimum absolute atomic E-state index is 0.0423. The third kappa shape index (κ3) is 8.09. The van der Waals surface area contributed by atoms with E-state index in [2.05, 4.69) is 34.1 Å². The summed E-state index contributed by atoms with van der Waals surface area (Å²) in [5.41, 5.74) is 2.82. The van der Waals surface area contributed by atoms with E-state index in [1.54, 1.807) is 19.1 Å². The Labute approximate surface area is 213 Å². The minimum Gasteiger partial charge on any atom is -0.486 e. The second kappa shape index (κ2) is 14.9. The highest BCUT2D eigenvalue weighted by Crippen LogP contribution is 2.34. The smallest absolute Gasteiger partial charge is 0.173 e. The van der Waals surface area contributed by atoms with Crippen LogP contribution in [-0.2, 0) is 9.53 Å². The van der Waals surface area contributed by atoms with Gasteiger partial charge < -0.3 is 14.8 Å². The number of anilines is 2. The molecule has 0 aliphatic carbocycles. The molecule has 0 bridgehead atoms. The van der Waals surface area contributed by atoms with Crippen molar-refractivity contribution in [1.29, 1.82) is 0 Å². The molecular weight excluding hydrogens is 459 g/mol. The number of hydrogen-bond donors (Lipinski definition) is 1. The number of aromatic nitrogens is 2. The largest absolute Gasteiger partial charge is 0.486 e. The number of aryl methyl sites for hydroxylation is 1. The van der Waals surface area contributed by atoms with Gasteiger partial charge in [-0.15, -0.1) is 0 Å². The predicted molar refractivity (Wildman–Crippen MR) is 145 cm³/mol. The van der Waals surface area contributed by atoms with Gasteiger partial charge in [-0.1, -0.05) is 41.0 Å². The predicted octanol–water partition coefficient (Wildman–Crippen LogP) is 7.11. The van der Waals surface area contributed by atoms with Crippen LogP contribution >= 0.6 is 0 Å². The van der Waals surface area contributed by atoms with Crippen LogP contribution in [0.5, 0.6) is 5.75 Å². The van der Waals surface area contributed by atoms with Crippen molar-refractivity contribution >= 4 is 40.1 Å². The van der Waals surface area contributed by atoms with Gasteiger partial charge in [-0.05, 0) is 36.8 Å². The van der Waals surface area contributed by atoms with E-state index in [1.165, 1.54) is 31.1 Å². The van der Waals surface area contributed by atoms with Crippen LogP contribution in [0.4, 0.5) is 21.6 Å². The van der Waals surface area contributed by atoms with Gasteiger partial charge in [-0.2, -0.15) is 0 Å². The van der Waals surface area contributed by atoms with Gasteiger partial charge in [-0.25, -0.2) is 14.4 Å². The average Bonchev–Trinajstić information content (AvgIpc) is 3.39. The number of carbonyl (C=O) groups is 1. The highest BCUT2D eigenvalue weighted by molar-refractivity contribution is 6.27. The highest BCUT2D eigenvalue weighted by Gasteiger charge is 2.20. The molecule has 1 aliphatic rings. The number of halogens is 1. The quantitative estimate of drug-likeness (QED) is 0.351. The maximum absolute atomic E-state index is 13.9. The molecule has 2 heterocycles. The van der Waals surface area contributed by atoms with Crippen LogP contribution in [0.25, 0.3) is 10.9 Å². The monoisotopic (exact) mass is 496 g/mol. The fraction of sp³-hybridized carbons (Fsp3) is 0.429. The van der Waals surface area contributed by atoms with Gasteiger partial charge in [0.25, 0.3) is 0 Å². The summed E-state index contributed by atoms with van der Waals surface area (Å²) in [7, 11) is 0. The molecular formula is C28H37FN4O3. The van der Waals surface area contributed by atoms with E-state index in [9.17, 15) is 9.18 Å². The van der Waals surface area contributed by atoms with Crippen molar-refractivity contribution in [3.63, 3.8) is 0 Å². The van der Waals surface area contributed by atoms with E-state index in [0.717, 1.165) is 17.4 Å². The molecule has 1 saturated heterocycles. The van der Waals surface area contributed by atoms with Crippen LogP contribution < -0.4 is 10.1 Å². The molecule has 0 amide bonds. The number of Topliss-reactive ketones (excluding diaryl/α,β-unsaturated/α-hetero) is 1. The van der Waals surface area contributed by atoms with Gasteiger partial charge in [-0.3, -0.25) is 9.79 Å². The van der Waals surface area contributed by atoms with E-state index in [0.29, 0.717) is 48.1 Å². The molecule has 8 heteroatoms. The highest BCUT2D eigenvalue weighted by atomic mass is 19.1. The van der Waals surface area contributed by atoms with Crippen molar-refractivity contribution in [2.45, 2.75) is 66.9 Å². The number of nitrogens with zero attached hydrogens (tertiary/aromatic N) is 3. The van der Waals surface area contributed by atoms with E-state index < -0.39 is 0 Å². The third-order valence-electron chi connectivity index (χ3n) is 5.00. The Hall–Kier alpha value is -3.39. The zero-order chi connectivity index (χ0) is 26.5. The number of fused-ring (bicyclic) bond motifs is 1. The molecule has 0 spiro atoms. The lowest BCUT2D eigenvalue weighted by atomic mass is 10.1. The number of rotatable bonds is 7. The molecule has 1 aromatic heterocycles. The molecule has 3 aromatic rings. The molecule has 194 valence electrons. The summed E-state index contributed by atoms with van der Waals surface area (Å²) in [6.45, 7) is 13.1. The standard InChI is InChI=1S/C23H23FN4O3.C3H8.C2H6/c1-3-17(29)11-25-16-8-14(2)22-20(10-16)26-13-27-23(22)28-19-5-4-15(24)9-21(19)31-18-6-7-30-12-18;1-3-2;1-2/h4-5,8-11,13,18H,3,6-7,12H2,1-2H3,(H,26,27,28);3H2,1-2H3;1-2H3. The second-order valence-corrected chi connectivity index (χ2v) is 8.03. The number of carbonyl (C=O) groups excluding carboxylic acids is 1. The van der Waals surface area contributed by atoms with Crippen molar-refractivity contribution in [1.82, 2.24) is 9.97 Å². The molecule has 4 rings (SSSR count). The Morgan fingerprint density at radius 2 is 1.97 bits per heavy atom. The summed E-state index contributed by atoms with van der Waals surface area (Å²) in [5.74, 6) is 0.549. The summed E-state index contributed by atoms with van der Waals surface area (Å²) < 4.78 is 25.2. The maximum Gasteiger partial charge on any atom is 0.173 e. The SMILES string of the molecule is CC.CCC.CCC(=O)C=Nc1cc(C)c2c(Nc3ccc(F)cc3OC3CCOC3)ncnc2c1. The Bertz CT molecular complexity index is 1160. The summed E-state index contributed by atoms with van der Waals surface area (Å²) in [6.07, 6.45) is 5.08. The molecule has 1 fully saturated rings. The minimum atomic E-state index is -0.382. The Balaban J connectivity index is 0.000000850. The summed E-state index contributed by atoms with van der Waals surface area (Å²) in [5, 5.41) is 4.07. The van der Waals surface area contributed by atoms with Crippen LogP contribution in [0.2, 0.25) is 0 Å². The van der Waals surface area contributed by atoms with Crippen LogP contribution in [-0.4, -0.2) is 41.3 Å². The maximum atomic E-state index is 13.9. The van der Waals surface area contributed by atoms with Crippen LogP contribution in [0, 0.1) is 12.7 Å². The van der Waals surface area contributed by atoms with Crippen molar-refractivity contribution in [3.8, 4) is 5.75 Å². The summed E-state index contributed by atoms with van der Waals surface area (Å²) in [6, 6.07) is 8.02. The Kier molecular flexibility index (Phi) is 11.9. The van der Waals surface area contributed by atoms with Gasteiger partial charge in [0.2, 0.25) is 0 Å². The zero-order valence-electron chi connectivity index (χ0n) is 22.1. The van der Waals surface area contributed by atoms with Gasteiger partial charge in [0.15, 0.2) is 5.78 Å². The lowest BCUT2D eigenvalue weighted by Gasteiger charge is -2.17. The molecule has 1 N–H and O–H groups in total. The van der Waals surface area contributed by atoms with E-state index in [4.69, 9.17) is 9.47 Å². The Morgan fingerprint density at radius 1 is 1.22 bits per heavy atom. The topological polar surface area (TPSA) is 85.7 Å². The average molecular weight is 497 g/mol. The first-order valence-corrected chi connectivity index (χ1v) is 12.6. The van der Waals surface area contributed by atoms with Crippen LogP contribution in [0.3, 0.4) is 0 Å². The summed E-state index contributed by atoms with van der Waals surface area (Å²) in [4.78, 5) is 24.5. The summed E-state index contributed by atoms with van der Waals surface area (Å²) >= 11 is 0. The van der Waals surface area contributed by atoms with Crippen molar-refractivity contribution < 1.29 is 18.7 Å². The molecule has 7 nitrogen and oxygen atoms in total. The number of hydrogen-bond acceptors (Lipinski definition) is 7. The first-order chi connectivity index (χ1) is 17.4. The number of nitrogens with one attached hydrogen (secondary N) is 1. The number of ether oxygens (including phenoxy) is 2. The second-order valence-electron chi connectivity index (χ2n) is 8.03. The molecule has 1 atom stereocenters. The normalized spacial score (nSPS) is 14.6. The number of ketones is 1. The first-order valence-electron chi connectivity index (χ1n) is 12.6. The van der Waals surface area contributed by atoms with E-state index >= 15 is 0 Å². The zero-order valence-corrected chi connectivity index (χ0v) is 22.1. The molecule has 1 aliphatic heterocycles. The van der Waals surface area contributed by atoms with Gasteiger partial charge in [0.05, 0.1) is 36.3 Å². The lowest BCUT2D eigenvalue weighted by Crippen LogP contribution is -2.16. The van der Waals surface area contributed by atoms with Gasteiger partial charge >= 0.3 is 0 Å². The number of aliphatic imine (C=N–C) groups is 1. The van der Waals surface area contributed by atoms with E-state index in [-0.39, 0.29) is 17.7 Å². The van der Waals surface area contributed by atoms with Crippen LogP contribution in [0.1, 0.15) is 59.4 Å². The van der Waals surface area contributed by atoms with Gasteiger partial charge in [0, 0.05) is 24.3 Å². The first kappa shape index (κ1) is 28.8. The number of benzene rings is 2. The molecule has 0 radical (unpaired) electrons. The molecule has 1 unspecified atom stereocenters. The van der Waals surface area contributed by atoms with Crippen molar-refractivity contribution in [2.24, 2.45) is 4.99 Å². The third-order valence-corrected chi connectivity index (χ3v) is 5.00. The van der Waals surface area contributed by atoms with E-state index in [1.807, 2.05) is 26.8 Å². The fourth-order valence-electron chi connectivity index (χ4n) is 3.39. The van der Waals surface area contributed by atoms with Gasteiger partial charge in [0.1, 0.15) is 29.8 Å². The van der Waals surface area contributed by atoms with Crippen molar-refractivity contribution in [2.75, 3.05) is 18.5 Å². The fourth-order valence-corrected chi connectivity index (χ4v) is 3.39. The molecule has 2 aromatic carbocycles. The van der Waals surface area contributed by atoms with Crippen molar-refractivity contribution in [3.05, 3.63) is 48.0 Å². The molecule has 36 heavy (non-hydrogen) atoms. The lowest BCUT2D eigenvalue weighted by molar-refractivity contribution is -0.112. The Morgan fingerprint density at radius 3 is 2.64 bits per heavy atom.